The summed E-state index contributed by atoms with van der Waals surface area (Å²) in [4.78, 5) is 26.6. The van der Waals surface area contributed by atoms with Crippen LogP contribution in [0.25, 0.3) is 11.0 Å². The molecule has 8 nitrogen and oxygen atoms in total. The number of aromatic amines is 1. The molecule has 4 aromatic rings. The van der Waals surface area contributed by atoms with Crippen LogP contribution in [0.4, 0.5) is 23.7 Å². The van der Waals surface area contributed by atoms with Crippen LogP contribution in [0.1, 0.15) is 34.7 Å². The van der Waals surface area contributed by atoms with E-state index in [1.165, 1.54) is 6.07 Å². The third-order valence-electron chi connectivity index (χ3n) is 8.44. The van der Waals surface area contributed by atoms with Gasteiger partial charge in [-0.15, -0.1) is 0 Å². The fraction of sp³-hybridized carbons (Fsp3) is 0.375. The summed E-state index contributed by atoms with van der Waals surface area (Å²) < 4.78 is 48.5. The molecule has 2 amide bonds. The largest absolute Gasteiger partial charge is 0.457 e. The van der Waals surface area contributed by atoms with Gasteiger partial charge < -0.3 is 24.8 Å². The predicted molar refractivity (Wildman–Crippen MR) is 159 cm³/mol. The van der Waals surface area contributed by atoms with Gasteiger partial charge in [-0.1, -0.05) is 13.0 Å². The number of hydrogen-bond donors (Lipinski definition) is 2. The van der Waals surface area contributed by atoms with E-state index in [1.807, 2.05) is 25.1 Å². The maximum Gasteiger partial charge on any atom is 0.416 e. The zero-order chi connectivity index (χ0) is 30.1. The Morgan fingerprint density at radius 1 is 1.05 bits per heavy atom. The first-order valence-corrected chi connectivity index (χ1v) is 14.6. The van der Waals surface area contributed by atoms with Crippen LogP contribution in [0, 0.1) is 6.92 Å². The van der Waals surface area contributed by atoms with E-state index in [9.17, 15) is 18.0 Å². The van der Waals surface area contributed by atoms with Gasteiger partial charge in [-0.3, -0.25) is 4.90 Å². The summed E-state index contributed by atoms with van der Waals surface area (Å²) in [5.74, 6) is 1.32. The van der Waals surface area contributed by atoms with Gasteiger partial charge in [0.1, 0.15) is 17.1 Å². The number of likely N-dealkylation sites (N-methyl/N-ethyl adjacent to an activating group) is 1. The molecule has 2 aliphatic rings. The van der Waals surface area contributed by atoms with Crippen LogP contribution in [-0.2, 0) is 25.7 Å². The third-order valence-corrected chi connectivity index (χ3v) is 8.44. The second-order valence-electron chi connectivity index (χ2n) is 11.2. The number of H-pyrrole nitrogens is 1. The maximum atomic E-state index is 14.1. The summed E-state index contributed by atoms with van der Waals surface area (Å²) >= 11 is 0. The number of pyridine rings is 1. The molecule has 2 N–H and O–H groups in total. The second kappa shape index (κ2) is 11.9. The summed E-state index contributed by atoms with van der Waals surface area (Å²) in [6.07, 6.45) is -0.404. The monoisotopic (exact) mass is 592 g/mol. The number of halogens is 3. The molecule has 0 radical (unpaired) electrons. The van der Waals surface area contributed by atoms with Gasteiger partial charge >= 0.3 is 12.2 Å². The highest BCUT2D eigenvalue weighted by Gasteiger charge is 2.34. The highest BCUT2D eigenvalue weighted by molar-refractivity contribution is 5.89. The van der Waals surface area contributed by atoms with Gasteiger partial charge in [0, 0.05) is 63.9 Å². The normalized spacial score (nSPS) is 16.3. The van der Waals surface area contributed by atoms with Crippen molar-refractivity contribution in [2.24, 2.45) is 0 Å². The Bertz CT molecular complexity index is 1630. The Balaban J connectivity index is 1.15. The number of rotatable bonds is 6. The lowest BCUT2D eigenvalue weighted by Gasteiger charge is -2.34. The first-order valence-electron chi connectivity index (χ1n) is 14.6. The zero-order valence-corrected chi connectivity index (χ0v) is 24.3. The van der Waals surface area contributed by atoms with Crippen molar-refractivity contribution in [2.75, 3.05) is 44.6 Å². The molecule has 0 aliphatic carbocycles. The number of amides is 2. The van der Waals surface area contributed by atoms with Crippen molar-refractivity contribution >= 4 is 22.8 Å². The molecule has 4 heterocycles. The number of benzene rings is 2. The highest BCUT2D eigenvalue weighted by atomic mass is 19.4. The number of aromatic nitrogens is 2. The molecule has 11 heteroatoms. The molecule has 2 aliphatic heterocycles. The Morgan fingerprint density at radius 2 is 1.84 bits per heavy atom. The van der Waals surface area contributed by atoms with Crippen LogP contribution in [0.3, 0.4) is 0 Å². The molecule has 226 valence electrons. The van der Waals surface area contributed by atoms with Crippen molar-refractivity contribution in [1.29, 1.82) is 0 Å². The molecular weight excluding hydrogens is 557 g/mol. The molecule has 0 atom stereocenters. The molecule has 43 heavy (non-hydrogen) atoms. The van der Waals surface area contributed by atoms with Crippen LogP contribution in [-0.4, -0.2) is 70.0 Å². The predicted octanol–water partition coefficient (Wildman–Crippen LogP) is 6.41. The number of hydrogen-bond acceptors (Lipinski definition) is 5. The Morgan fingerprint density at radius 3 is 2.60 bits per heavy atom. The molecular formula is C32H35F3N6O2. The van der Waals surface area contributed by atoms with Crippen LogP contribution in [0.15, 0.2) is 54.9 Å². The summed E-state index contributed by atoms with van der Waals surface area (Å²) in [6.45, 7) is 9.20. The van der Waals surface area contributed by atoms with Gasteiger partial charge in [-0.25, -0.2) is 9.78 Å². The van der Waals surface area contributed by atoms with E-state index < -0.39 is 17.8 Å². The number of alkyl halides is 3. The Hall–Kier alpha value is -4.09. The van der Waals surface area contributed by atoms with Crippen molar-refractivity contribution in [1.82, 2.24) is 24.7 Å². The number of fused-ring (bicyclic) bond motifs is 2. The first-order chi connectivity index (χ1) is 20.7. The summed E-state index contributed by atoms with van der Waals surface area (Å²) in [5.41, 5.74) is 3.53. The molecule has 2 aromatic heterocycles. The minimum Gasteiger partial charge on any atom is -0.457 e. The van der Waals surface area contributed by atoms with Crippen molar-refractivity contribution in [3.8, 4) is 11.5 Å². The van der Waals surface area contributed by atoms with E-state index in [1.54, 1.807) is 29.4 Å². The minimum atomic E-state index is -4.53. The lowest BCUT2D eigenvalue weighted by atomic mass is 9.95. The minimum absolute atomic E-state index is 0.129. The summed E-state index contributed by atoms with van der Waals surface area (Å²) in [7, 11) is 0. The van der Waals surface area contributed by atoms with Crippen molar-refractivity contribution in [3.63, 3.8) is 0 Å². The van der Waals surface area contributed by atoms with E-state index in [0.717, 1.165) is 66.5 Å². The maximum absolute atomic E-state index is 14.1. The highest BCUT2D eigenvalue weighted by Crippen LogP contribution is 2.36. The lowest BCUT2D eigenvalue weighted by Crippen LogP contribution is -2.45. The van der Waals surface area contributed by atoms with Crippen LogP contribution < -0.4 is 10.1 Å². The average Bonchev–Trinajstić information content (AvgIpc) is 3.48. The van der Waals surface area contributed by atoms with Crippen molar-refractivity contribution in [2.45, 2.75) is 39.5 Å². The van der Waals surface area contributed by atoms with E-state index in [2.05, 4.69) is 32.0 Å². The van der Waals surface area contributed by atoms with E-state index in [4.69, 9.17) is 4.74 Å². The van der Waals surface area contributed by atoms with Gasteiger partial charge in [0.25, 0.3) is 0 Å². The number of anilines is 1. The molecule has 0 bridgehead atoms. The number of urea groups is 1. The number of piperazine rings is 1. The number of aryl methyl sites for hydroxylation is 1. The van der Waals surface area contributed by atoms with Gasteiger partial charge in [-0.2, -0.15) is 13.2 Å². The Labute approximate surface area is 248 Å². The number of nitrogens with zero attached hydrogens (tertiary/aromatic N) is 4. The number of nitrogens with one attached hydrogen (secondary N) is 2. The van der Waals surface area contributed by atoms with Gasteiger partial charge in [0.05, 0.1) is 10.9 Å². The fourth-order valence-corrected chi connectivity index (χ4v) is 6.03. The zero-order valence-electron chi connectivity index (χ0n) is 24.3. The molecule has 0 spiro atoms. The van der Waals surface area contributed by atoms with E-state index >= 15 is 0 Å². The SMILES string of the molecule is CCN1CCN(Cc2ccc(NC(=O)N3CCc4c(C)cc(Oc5ccnc6[nH]ccc56)cc4C3)cc2C(F)(F)F)CC1. The fourth-order valence-electron chi connectivity index (χ4n) is 6.03. The number of ether oxygens (including phenoxy) is 1. The first kappa shape index (κ1) is 29.0. The summed E-state index contributed by atoms with van der Waals surface area (Å²) in [6, 6.07) is 11.3. The van der Waals surface area contributed by atoms with E-state index in [0.29, 0.717) is 31.0 Å². The molecule has 0 unspecified atom stereocenters. The van der Waals surface area contributed by atoms with Gasteiger partial charge in [-0.05, 0) is 78.5 Å². The van der Waals surface area contributed by atoms with Crippen molar-refractivity contribution < 1.29 is 22.7 Å². The van der Waals surface area contributed by atoms with Gasteiger partial charge in [0.15, 0.2) is 0 Å². The molecule has 0 saturated carbocycles. The average molecular weight is 593 g/mol. The lowest BCUT2D eigenvalue weighted by molar-refractivity contribution is -0.138. The van der Waals surface area contributed by atoms with Crippen LogP contribution >= 0.6 is 0 Å². The number of carbonyl (C=O) groups excluding carboxylic acids is 1. The Kier molecular flexibility index (Phi) is 8.02. The molecule has 6 rings (SSSR count). The molecule has 1 fully saturated rings. The smallest absolute Gasteiger partial charge is 0.416 e. The standard InChI is InChI=1S/C32H35F3N6O2/c1-3-39-12-14-40(15-13-39)19-22-4-5-24(18-28(22)32(33,34)35)38-31(42)41-11-8-26-21(2)16-25(17-23(26)20-41)43-29-7-10-37-30-27(29)6-9-36-30/h4-7,9-10,16-18H,3,8,11-15,19-20H2,1-2H3,(H,36,37)(H,38,42). The van der Waals surface area contributed by atoms with Crippen LogP contribution in [0.5, 0.6) is 11.5 Å². The summed E-state index contributed by atoms with van der Waals surface area (Å²) in [5, 5.41) is 3.57. The molecule has 2 aromatic carbocycles. The topological polar surface area (TPSA) is 76.7 Å². The van der Waals surface area contributed by atoms with E-state index in [-0.39, 0.29) is 17.8 Å². The van der Waals surface area contributed by atoms with Crippen LogP contribution in [0.2, 0.25) is 0 Å². The molecule has 1 saturated heterocycles. The van der Waals surface area contributed by atoms with Gasteiger partial charge in [0.2, 0.25) is 0 Å². The quantitative estimate of drug-likeness (QED) is 0.271. The third kappa shape index (κ3) is 6.33. The van der Waals surface area contributed by atoms with Crippen molar-refractivity contribution in [3.05, 3.63) is 82.7 Å². The second-order valence-corrected chi connectivity index (χ2v) is 11.2. The number of carbonyl (C=O) groups is 1.